The number of fused-ring (bicyclic) bond motifs is 1. The van der Waals surface area contributed by atoms with Gasteiger partial charge >= 0.3 is 0 Å². The highest BCUT2D eigenvalue weighted by molar-refractivity contribution is 9.10. The van der Waals surface area contributed by atoms with Crippen LogP contribution in [0.2, 0.25) is 0 Å². The summed E-state index contributed by atoms with van der Waals surface area (Å²) in [6.07, 6.45) is 2.59. The molecule has 2 heterocycles. The van der Waals surface area contributed by atoms with Crippen LogP contribution in [0, 0.1) is 11.2 Å². The number of sulfonamides is 2. The fraction of sp³-hybridized carbons (Fsp3) is 0.364. The van der Waals surface area contributed by atoms with Gasteiger partial charge in [0.25, 0.3) is 20.0 Å². The SMILES string of the molecule is CS(=O)(=O)NC1CC12CCN(S(=O)(=O)c1cc3cc(Br)ccc3n1S(=O)(=O)c1ccccc1F)CC2. The summed E-state index contributed by atoms with van der Waals surface area (Å²) in [5, 5.41) is -0.118. The highest BCUT2D eigenvalue weighted by Gasteiger charge is 2.57. The molecule has 36 heavy (non-hydrogen) atoms. The van der Waals surface area contributed by atoms with E-state index in [9.17, 15) is 29.6 Å². The van der Waals surface area contributed by atoms with Crippen molar-refractivity contribution in [2.75, 3.05) is 19.3 Å². The topological polar surface area (TPSA) is 123 Å². The monoisotopic (exact) mass is 619 g/mol. The van der Waals surface area contributed by atoms with E-state index in [4.69, 9.17) is 0 Å². The van der Waals surface area contributed by atoms with Crippen LogP contribution >= 0.6 is 15.9 Å². The van der Waals surface area contributed by atoms with Crippen LogP contribution < -0.4 is 4.72 Å². The summed E-state index contributed by atoms with van der Waals surface area (Å²) in [4.78, 5) is -0.632. The number of hydrogen-bond donors (Lipinski definition) is 1. The zero-order valence-corrected chi connectivity index (χ0v) is 23.1. The largest absolute Gasteiger partial charge is 0.272 e. The van der Waals surface area contributed by atoms with Crippen LogP contribution in [0.5, 0.6) is 0 Å². The van der Waals surface area contributed by atoms with E-state index in [1.165, 1.54) is 28.6 Å². The number of aromatic nitrogens is 1. The minimum Gasteiger partial charge on any atom is -0.221 e. The van der Waals surface area contributed by atoms with Crippen LogP contribution in [0.4, 0.5) is 4.39 Å². The predicted octanol–water partition coefficient (Wildman–Crippen LogP) is 2.87. The van der Waals surface area contributed by atoms with Crippen molar-refractivity contribution < 1.29 is 29.6 Å². The molecule has 9 nitrogen and oxygen atoms in total. The van der Waals surface area contributed by atoms with Gasteiger partial charge in [-0.05, 0) is 61.1 Å². The van der Waals surface area contributed by atoms with E-state index in [1.54, 1.807) is 12.1 Å². The summed E-state index contributed by atoms with van der Waals surface area (Å²) >= 11 is 3.32. The van der Waals surface area contributed by atoms with Crippen molar-refractivity contribution >= 4 is 56.9 Å². The first-order valence-electron chi connectivity index (χ1n) is 11.0. The lowest BCUT2D eigenvalue weighted by molar-refractivity contribution is 0.248. The van der Waals surface area contributed by atoms with Gasteiger partial charge in [-0.15, -0.1) is 0 Å². The smallest absolute Gasteiger partial charge is 0.221 e. The van der Waals surface area contributed by atoms with E-state index in [0.29, 0.717) is 33.1 Å². The quantitative estimate of drug-likeness (QED) is 0.453. The highest BCUT2D eigenvalue weighted by atomic mass is 79.9. The molecule has 1 aliphatic heterocycles. The van der Waals surface area contributed by atoms with Gasteiger partial charge in [0.1, 0.15) is 10.7 Å². The van der Waals surface area contributed by atoms with Gasteiger partial charge in [0, 0.05) is 29.0 Å². The number of benzene rings is 2. The van der Waals surface area contributed by atoms with E-state index in [0.717, 1.165) is 18.4 Å². The molecule has 3 aromatic rings. The van der Waals surface area contributed by atoms with Crippen molar-refractivity contribution in [1.82, 2.24) is 13.0 Å². The lowest BCUT2D eigenvalue weighted by atomic mass is 9.94. The normalized spacial score (nSPS) is 20.7. The molecule has 2 fully saturated rings. The van der Waals surface area contributed by atoms with Crippen LogP contribution in [0.25, 0.3) is 10.9 Å². The molecule has 1 N–H and O–H groups in total. The van der Waals surface area contributed by atoms with Gasteiger partial charge in [-0.2, -0.15) is 4.31 Å². The summed E-state index contributed by atoms with van der Waals surface area (Å²) < 4.78 is 97.7. The molecule has 2 aromatic carbocycles. The fourth-order valence-corrected chi connectivity index (χ4v) is 9.74. The summed E-state index contributed by atoms with van der Waals surface area (Å²) in [7, 11) is -12.3. The van der Waals surface area contributed by atoms with Crippen molar-refractivity contribution in [3.8, 4) is 0 Å². The summed E-state index contributed by atoms with van der Waals surface area (Å²) in [5.41, 5.74) is -0.195. The second kappa shape index (κ2) is 8.60. The Bertz CT molecular complexity index is 1700. The number of nitrogens with zero attached hydrogens (tertiary/aromatic N) is 2. The second-order valence-corrected chi connectivity index (χ2v) is 15.6. The number of rotatable bonds is 6. The summed E-state index contributed by atoms with van der Waals surface area (Å²) in [6.45, 7) is 0.213. The Morgan fingerprint density at radius 3 is 2.28 bits per heavy atom. The van der Waals surface area contributed by atoms with Crippen molar-refractivity contribution in [2.24, 2.45) is 5.41 Å². The molecule has 1 saturated carbocycles. The molecule has 1 atom stereocenters. The van der Waals surface area contributed by atoms with Gasteiger partial charge in [-0.1, -0.05) is 28.1 Å². The highest BCUT2D eigenvalue weighted by Crippen LogP contribution is 2.54. The Hall–Kier alpha value is -1.84. The average molecular weight is 621 g/mol. The lowest BCUT2D eigenvalue weighted by Gasteiger charge is -2.32. The van der Waals surface area contributed by atoms with Crippen LogP contribution in [0.15, 0.2) is 62.9 Å². The fourth-order valence-electron chi connectivity index (χ4n) is 4.95. The molecular weight excluding hydrogens is 597 g/mol. The van der Waals surface area contributed by atoms with Gasteiger partial charge in [0.15, 0.2) is 5.03 Å². The van der Waals surface area contributed by atoms with Crippen molar-refractivity contribution in [2.45, 2.75) is 35.2 Å². The molecular formula is C22H23BrFN3O6S3. The van der Waals surface area contributed by atoms with Crippen LogP contribution in [0.1, 0.15) is 19.3 Å². The molecule has 14 heteroatoms. The first-order chi connectivity index (χ1) is 16.7. The maximum Gasteiger partial charge on any atom is 0.272 e. The number of hydrogen-bond acceptors (Lipinski definition) is 6. The Balaban J connectivity index is 1.55. The third-order valence-corrected chi connectivity index (χ3v) is 11.9. The molecule has 1 saturated heterocycles. The molecule has 1 spiro atoms. The predicted molar refractivity (Wildman–Crippen MR) is 135 cm³/mol. The van der Waals surface area contributed by atoms with E-state index in [-0.39, 0.29) is 30.1 Å². The number of piperidine rings is 1. The minimum absolute atomic E-state index is 0.105. The third kappa shape index (κ3) is 4.41. The summed E-state index contributed by atoms with van der Waals surface area (Å²) in [6, 6.07) is 10.5. The molecule has 0 radical (unpaired) electrons. The molecule has 1 aromatic heterocycles. The Morgan fingerprint density at radius 2 is 1.64 bits per heavy atom. The molecule has 5 rings (SSSR count). The molecule has 1 unspecified atom stereocenters. The van der Waals surface area contributed by atoms with Crippen LogP contribution in [-0.4, -0.2) is 58.9 Å². The molecule has 1 aliphatic carbocycles. The van der Waals surface area contributed by atoms with Gasteiger partial charge in [0.05, 0.1) is 11.8 Å². The van der Waals surface area contributed by atoms with Crippen molar-refractivity contribution in [3.05, 3.63) is 58.8 Å². The maximum absolute atomic E-state index is 14.6. The van der Waals surface area contributed by atoms with E-state index < -0.39 is 45.8 Å². The minimum atomic E-state index is -4.61. The van der Waals surface area contributed by atoms with Gasteiger partial charge in [-0.25, -0.2) is 38.3 Å². The third-order valence-electron chi connectivity index (χ3n) is 6.91. The van der Waals surface area contributed by atoms with Crippen LogP contribution in [-0.2, 0) is 30.1 Å². The Morgan fingerprint density at radius 1 is 0.972 bits per heavy atom. The standard InChI is InChI=1S/C22H23BrFN3O6S3/c1-34(28,29)25-20-14-22(20)8-10-26(11-9-22)36(32,33)21-13-15-12-16(23)6-7-18(15)27(21)35(30,31)19-5-3-2-4-17(19)24/h2-7,12-13,20,25H,8-11,14H2,1H3. The van der Waals surface area contributed by atoms with Crippen molar-refractivity contribution in [1.29, 1.82) is 0 Å². The van der Waals surface area contributed by atoms with Gasteiger partial charge in [-0.3, -0.25) is 0 Å². The Labute approximate surface area is 217 Å². The van der Waals surface area contributed by atoms with Gasteiger partial charge < -0.3 is 0 Å². The average Bonchev–Trinajstić information content (AvgIpc) is 3.24. The van der Waals surface area contributed by atoms with Gasteiger partial charge in [0.2, 0.25) is 10.0 Å². The zero-order chi connectivity index (χ0) is 26.1. The maximum atomic E-state index is 14.6. The zero-order valence-electron chi connectivity index (χ0n) is 19.1. The summed E-state index contributed by atoms with van der Waals surface area (Å²) in [5.74, 6) is -0.988. The molecule has 2 aliphatic rings. The lowest BCUT2D eigenvalue weighted by Crippen LogP contribution is -2.42. The van der Waals surface area contributed by atoms with Crippen LogP contribution in [0.3, 0.4) is 0 Å². The molecule has 0 bridgehead atoms. The molecule has 0 amide bonds. The van der Waals surface area contributed by atoms with E-state index in [1.807, 2.05) is 0 Å². The molecule has 194 valence electrons. The first-order valence-corrected chi connectivity index (χ1v) is 16.6. The number of nitrogens with one attached hydrogen (secondary N) is 1. The second-order valence-electron chi connectivity index (χ2n) is 9.30. The van der Waals surface area contributed by atoms with E-state index in [2.05, 4.69) is 20.7 Å². The van der Waals surface area contributed by atoms with E-state index >= 15 is 0 Å². The first kappa shape index (κ1) is 25.8. The Kier molecular flexibility index (Phi) is 6.16. The number of halogens is 2. The van der Waals surface area contributed by atoms with Crippen molar-refractivity contribution in [3.63, 3.8) is 0 Å².